The maximum absolute atomic E-state index is 6.00. The van der Waals surface area contributed by atoms with Crippen molar-refractivity contribution in [1.29, 1.82) is 0 Å². The summed E-state index contributed by atoms with van der Waals surface area (Å²) in [6.07, 6.45) is 1.88. The lowest BCUT2D eigenvalue weighted by Crippen LogP contribution is -2.21. The molecule has 1 atom stereocenters. The summed E-state index contributed by atoms with van der Waals surface area (Å²) in [6, 6.07) is 1.89. The highest BCUT2D eigenvalue weighted by Crippen LogP contribution is 2.23. The van der Waals surface area contributed by atoms with Crippen molar-refractivity contribution in [2.24, 2.45) is 5.73 Å². The van der Waals surface area contributed by atoms with Gasteiger partial charge in [0.25, 0.3) is 0 Å². The van der Waals surface area contributed by atoms with Gasteiger partial charge in [-0.25, -0.2) is 9.97 Å². The number of nitrogens with zero attached hydrogens (tertiary/aromatic N) is 3. The Balaban J connectivity index is 2.58. The molecule has 0 aliphatic heterocycles. The molecule has 80 valence electrons. The second-order valence-electron chi connectivity index (χ2n) is 3.46. The highest BCUT2D eigenvalue weighted by Gasteiger charge is 2.10. The zero-order valence-electron chi connectivity index (χ0n) is 8.11. The molecule has 0 aromatic carbocycles. The van der Waals surface area contributed by atoms with Crippen LogP contribution in [0.3, 0.4) is 0 Å². The summed E-state index contributed by atoms with van der Waals surface area (Å²) < 4.78 is 1.93. The molecule has 0 unspecified atom stereocenters. The Morgan fingerprint density at radius 1 is 1.47 bits per heavy atom. The predicted molar refractivity (Wildman–Crippen MR) is 61.2 cm³/mol. The summed E-state index contributed by atoms with van der Waals surface area (Å²) in [5.41, 5.74) is 7.24. The number of rotatable bonds is 2. The smallest absolute Gasteiger partial charge is 0.224 e. The van der Waals surface area contributed by atoms with Crippen LogP contribution in [0.25, 0.3) is 11.0 Å². The van der Waals surface area contributed by atoms with Gasteiger partial charge in [-0.3, -0.25) is 0 Å². The molecular weight excluding hydrogens is 235 g/mol. The van der Waals surface area contributed by atoms with Crippen LogP contribution in [0, 0.1) is 0 Å². The first-order valence-corrected chi connectivity index (χ1v) is 5.27. The van der Waals surface area contributed by atoms with Gasteiger partial charge in [0.05, 0.1) is 5.52 Å². The Bertz CT molecular complexity index is 492. The number of aromatic nitrogens is 3. The lowest BCUT2D eigenvalue weighted by molar-refractivity contribution is 0.605. The summed E-state index contributed by atoms with van der Waals surface area (Å²) in [6.45, 7) is 2.60. The van der Waals surface area contributed by atoms with Crippen molar-refractivity contribution < 1.29 is 0 Å². The highest BCUT2D eigenvalue weighted by molar-refractivity contribution is 6.35. The van der Waals surface area contributed by atoms with E-state index in [1.54, 1.807) is 0 Å². The topological polar surface area (TPSA) is 56.7 Å². The maximum atomic E-state index is 6.00. The number of hydrogen-bond donors (Lipinski definition) is 1. The molecule has 15 heavy (non-hydrogen) atoms. The molecule has 0 amide bonds. The van der Waals surface area contributed by atoms with Crippen molar-refractivity contribution in [3.63, 3.8) is 0 Å². The average molecular weight is 245 g/mol. The quantitative estimate of drug-likeness (QED) is 0.651. The molecular formula is C9H10Cl2N4. The van der Waals surface area contributed by atoms with Gasteiger partial charge < -0.3 is 10.3 Å². The van der Waals surface area contributed by atoms with Gasteiger partial charge in [-0.1, -0.05) is 11.6 Å². The first-order valence-electron chi connectivity index (χ1n) is 4.51. The molecule has 2 N–H and O–H groups in total. The van der Waals surface area contributed by atoms with Gasteiger partial charge >= 0.3 is 0 Å². The minimum absolute atomic E-state index is 0.0485. The van der Waals surface area contributed by atoms with Crippen molar-refractivity contribution >= 4 is 34.2 Å². The van der Waals surface area contributed by atoms with Crippen LogP contribution in [-0.4, -0.2) is 20.6 Å². The van der Waals surface area contributed by atoms with Crippen molar-refractivity contribution in [2.75, 3.05) is 0 Å². The normalized spacial score (nSPS) is 13.3. The molecule has 0 saturated heterocycles. The van der Waals surface area contributed by atoms with Crippen molar-refractivity contribution in [2.45, 2.75) is 19.5 Å². The summed E-state index contributed by atoms with van der Waals surface area (Å²) >= 11 is 11.7. The Labute approximate surface area is 97.0 Å². The summed E-state index contributed by atoms with van der Waals surface area (Å²) in [7, 11) is 0. The van der Waals surface area contributed by atoms with E-state index in [0.717, 1.165) is 11.0 Å². The van der Waals surface area contributed by atoms with Crippen molar-refractivity contribution in [1.82, 2.24) is 14.5 Å². The molecule has 2 aromatic rings. The first kappa shape index (κ1) is 10.7. The molecule has 0 radical (unpaired) electrons. The molecule has 4 nitrogen and oxygen atoms in total. The largest absolute Gasteiger partial charge is 0.342 e. The fraction of sp³-hybridized carbons (Fsp3) is 0.333. The van der Waals surface area contributed by atoms with Crippen molar-refractivity contribution in [3.05, 3.63) is 22.7 Å². The number of hydrogen-bond acceptors (Lipinski definition) is 3. The van der Waals surface area contributed by atoms with Gasteiger partial charge in [0.15, 0.2) is 5.15 Å². The molecule has 2 aromatic heterocycles. The van der Waals surface area contributed by atoms with E-state index in [0.29, 0.717) is 11.7 Å². The number of nitrogens with two attached hydrogens (primary N) is 1. The van der Waals surface area contributed by atoms with Gasteiger partial charge in [0.2, 0.25) is 5.28 Å². The molecule has 0 aliphatic rings. The van der Waals surface area contributed by atoms with E-state index in [1.165, 1.54) is 0 Å². The van der Waals surface area contributed by atoms with Crippen LogP contribution >= 0.6 is 23.2 Å². The molecule has 2 rings (SSSR count). The van der Waals surface area contributed by atoms with Crippen LogP contribution in [0.4, 0.5) is 0 Å². The van der Waals surface area contributed by atoms with E-state index in [2.05, 4.69) is 9.97 Å². The van der Waals surface area contributed by atoms with Gasteiger partial charge in [-0.2, -0.15) is 0 Å². The zero-order chi connectivity index (χ0) is 11.0. The van der Waals surface area contributed by atoms with E-state index in [4.69, 9.17) is 28.9 Å². The summed E-state index contributed by atoms with van der Waals surface area (Å²) in [4.78, 5) is 7.97. The minimum atomic E-state index is 0.0485. The standard InChI is InChI=1S/C9H10Cl2N4/c1-5(12)4-15-3-2-6-7(15)8(10)14-9(11)13-6/h2-3,5H,4,12H2,1H3/t5-/m0/s1. The van der Waals surface area contributed by atoms with E-state index in [-0.39, 0.29) is 11.3 Å². The van der Waals surface area contributed by atoms with E-state index >= 15 is 0 Å². The average Bonchev–Trinajstić information content (AvgIpc) is 2.46. The van der Waals surface area contributed by atoms with Crippen LogP contribution in [0.1, 0.15) is 6.92 Å². The van der Waals surface area contributed by atoms with Gasteiger partial charge in [0, 0.05) is 18.8 Å². The Kier molecular flexibility index (Phi) is 2.82. The molecule has 2 heterocycles. The lowest BCUT2D eigenvalue weighted by Gasteiger charge is -2.08. The molecule has 0 fully saturated rings. The Hall–Kier alpha value is -0.840. The van der Waals surface area contributed by atoms with E-state index in [1.807, 2.05) is 23.8 Å². The first-order chi connectivity index (χ1) is 7.08. The molecule has 0 bridgehead atoms. The Morgan fingerprint density at radius 3 is 2.87 bits per heavy atom. The van der Waals surface area contributed by atoms with E-state index < -0.39 is 0 Å². The Morgan fingerprint density at radius 2 is 2.20 bits per heavy atom. The van der Waals surface area contributed by atoms with Crippen molar-refractivity contribution in [3.8, 4) is 0 Å². The van der Waals surface area contributed by atoms with Gasteiger partial charge in [0.1, 0.15) is 5.52 Å². The van der Waals surface area contributed by atoms with E-state index in [9.17, 15) is 0 Å². The predicted octanol–water partition coefficient (Wildman–Crippen LogP) is 2.09. The number of halogens is 2. The minimum Gasteiger partial charge on any atom is -0.342 e. The fourth-order valence-electron chi connectivity index (χ4n) is 1.50. The summed E-state index contributed by atoms with van der Waals surface area (Å²) in [5, 5.41) is 0.515. The third-order valence-electron chi connectivity index (χ3n) is 2.03. The van der Waals surface area contributed by atoms with Crippen LogP contribution in [0.5, 0.6) is 0 Å². The zero-order valence-corrected chi connectivity index (χ0v) is 9.63. The third kappa shape index (κ3) is 2.07. The third-order valence-corrected chi connectivity index (χ3v) is 2.46. The van der Waals surface area contributed by atoms with Gasteiger partial charge in [-0.15, -0.1) is 0 Å². The maximum Gasteiger partial charge on any atom is 0.224 e. The van der Waals surface area contributed by atoms with Crippen LogP contribution in [0.2, 0.25) is 10.4 Å². The number of fused-ring (bicyclic) bond motifs is 1. The molecule has 0 aliphatic carbocycles. The monoisotopic (exact) mass is 244 g/mol. The summed E-state index contributed by atoms with van der Waals surface area (Å²) in [5.74, 6) is 0. The second kappa shape index (κ2) is 3.96. The van der Waals surface area contributed by atoms with Crippen LogP contribution in [-0.2, 0) is 6.54 Å². The molecule has 6 heteroatoms. The van der Waals surface area contributed by atoms with Crippen LogP contribution in [0.15, 0.2) is 12.3 Å². The lowest BCUT2D eigenvalue weighted by atomic mass is 10.3. The highest BCUT2D eigenvalue weighted by atomic mass is 35.5. The fourth-order valence-corrected chi connectivity index (χ4v) is 2.00. The second-order valence-corrected chi connectivity index (χ2v) is 4.16. The molecule has 0 spiro atoms. The van der Waals surface area contributed by atoms with Crippen LogP contribution < -0.4 is 5.73 Å². The molecule has 0 saturated carbocycles. The SMILES string of the molecule is C[C@H](N)Cn1ccc2nc(Cl)nc(Cl)c21. The van der Waals surface area contributed by atoms with Gasteiger partial charge in [-0.05, 0) is 24.6 Å².